The van der Waals surface area contributed by atoms with E-state index in [1.807, 2.05) is 0 Å². The summed E-state index contributed by atoms with van der Waals surface area (Å²) in [7, 11) is 0. The summed E-state index contributed by atoms with van der Waals surface area (Å²) in [6.07, 6.45) is 7.98. The van der Waals surface area contributed by atoms with Crippen LogP contribution in [0.1, 0.15) is 38.3 Å². The molecule has 0 saturated carbocycles. The quantitative estimate of drug-likeness (QED) is 0.886. The average molecular weight is 246 g/mol. The molecule has 98 valence electrons. The van der Waals surface area contributed by atoms with Gasteiger partial charge in [-0.3, -0.25) is 4.90 Å². The van der Waals surface area contributed by atoms with Crippen LogP contribution < -0.4 is 5.32 Å². The first kappa shape index (κ1) is 11.9. The molecule has 0 aromatic carbocycles. The molecule has 18 heavy (non-hydrogen) atoms. The van der Waals surface area contributed by atoms with Gasteiger partial charge in [0, 0.05) is 30.4 Å². The van der Waals surface area contributed by atoms with Crippen molar-refractivity contribution >= 4 is 5.82 Å². The monoisotopic (exact) mass is 246 g/mol. The molecule has 1 aromatic heterocycles. The number of hydrogen-bond donors (Lipinski definition) is 1. The summed E-state index contributed by atoms with van der Waals surface area (Å²) in [5, 5.41) is 3.62. The lowest BCUT2D eigenvalue weighted by Gasteiger charge is -2.32. The molecule has 4 nitrogen and oxygen atoms in total. The van der Waals surface area contributed by atoms with Gasteiger partial charge in [-0.15, -0.1) is 0 Å². The third-order valence-corrected chi connectivity index (χ3v) is 4.28. The molecule has 1 aromatic rings. The summed E-state index contributed by atoms with van der Waals surface area (Å²) in [4.78, 5) is 11.2. The largest absolute Gasteiger partial charge is 0.366 e. The van der Waals surface area contributed by atoms with Crippen molar-refractivity contribution in [3.05, 3.63) is 18.1 Å². The minimum Gasteiger partial charge on any atom is -0.366 e. The van der Waals surface area contributed by atoms with Gasteiger partial charge in [0.05, 0.1) is 0 Å². The van der Waals surface area contributed by atoms with E-state index < -0.39 is 0 Å². The molecule has 2 fully saturated rings. The van der Waals surface area contributed by atoms with E-state index in [0.717, 1.165) is 24.0 Å². The number of hydrogen-bond acceptors (Lipinski definition) is 4. The number of aryl methyl sites for hydroxylation is 1. The van der Waals surface area contributed by atoms with Crippen LogP contribution in [0.15, 0.2) is 12.4 Å². The standard InChI is InChI=1S/C14H22N4/c1-2-11-9-14(16-10-15-11)17-12-6-8-18-7-4-3-5-13(12)18/h9-10,12-13H,2-8H2,1H3,(H,15,16,17). The minimum atomic E-state index is 0.574. The third kappa shape index (κ3) is 2.34. The van der Waals surface area contributed by atoms with E-state index in [1.165, 1.54) is 38.8 Å². The Morgan fingerprint density at radius 1 is 1.28 bits per heavy atom. The smallest absolute Gasteiger partial charge is 0.129 e. The molecule has 0 aliphatic carbocycles. The normalized spacial score (nSPS) is 28.1. The Hall–Kier alpha value is -1.16. The van der Waals surface area contributed by atoms with Crippen LogP contribution in [0, 0.1) is 0 Å². The lowest BCUT2D eigenvalue weighted by molar-refractivity contribution is 0.192. The second-order valence-corrected chi connectivity index (χ2v) is 5.39. The van der Waals surface area contributed by atoms with Gasteiger partial charge in [-0.05, 0) is 32.2 Å². The molecule has 2 unspecified atom stereocenters. The number of rotatable bonds is 3. The molecule has 0 bridgehead atoms. The van der Waals surface area contributed by atoms with Crippen molar-refractivity contribution in [3.63, 3.8) is 0 Å². The van der Waals surface area contributed by atoms with Gasteiger partial charge < -0.3 is 5.32 Å². The van der Waals surface area contributed by atoms with E-state index in [4.69, 9.17) is 0 Å². The topological polar surface area (TPSA) is 41.0 Å². The van der Waals surface area contributed by atoms with Crippen molar-refractivity contribution in [3.8, 4) is 0 Å². The molecule has 3 heterocycles. The van der Waals surface area contributed by atoms with Gasteiger partial charge in [0.15, 0.2) is 0 Å². The highest BCUT2D eigenvalue weighted by atomic mass is 15.2. The fourth-order valence-electron chi connectivity index (χ4n) is 3.28. The van der Waals surface area contributed by atoms with Crippen LogP contribution in [0.5, 0.6) is 0 Å². The first-order valence-corrected chi connectivity index (χ1v) is 7.18. The van der Waals surface area contributed by atoms with Crippen LogP contribution in [0.2, 0.25) is 0 Å². The molecule has 2 aliphatic rings. The zero-order valence-corrected chi connectivity index (χ0v) is 11.1. The van der Waals surface area contributed by atoms with Crippen molar-refractivity contribution in [1.29, 1.82) is 0 Å². The van der Waals surface area contributed by atoms with E-state index >= 15 is 0 Å². The van der Waals surface area contributed by atoms with Crippen molar-refractivity contribution in [1.82, 2.24) is 14.9 Å². The predicted molar refractivity (Wildman–Crippen MR) is 72.6 cm³/mol. The molecule has 0 radical (unpaired) electrons. The van der Waals surface area contributed by atoms with E-state index in [0.29, 0.717) is 6.04 Å². The zero-order valence-electron chi connectivity index (χ0n) is 11.1. The third-order valence-electron chi connectivity index (χ3n) is 4.28. The first-order valence-electron chi connectivity index (χ1n) is 7.18. The minimum absolute atomic E-state index is 0.574. The molecule has 4 heteroatoms. The number of aromatic nitrogens is 2. The van der Waals surface area contributed by atoms with Gasteiger partial charge in [0.1, 0.15) is 12.1 Å². The predicted octanol–water partition coefficient (Wildman–Crippen LogP) is 2.08. The Balaban J connectivity index is 1.68. The molecule has 1 N–H and O–H groups in total. The summed E-state index contributed by atoms with van der Waals surface area (Å²) in [5.41, 5.74) is 1.12. The Labute approximate surface area is 109 Å². The van der Waals surface area contributed by atoms with E-state index in [1.54, 1.807) is 6.33 Å². The van der Waals surface area contributed by atoms with Gasteiger partial charge in [-0.2, -0.15) is 0 Å². The number of anilines is 1. The first-order chi connectivity index (χ1) is 8.86. The van der Waals surface area contributed by atoms with E-state index in [2.05, 4.69) is 33.2 Å². The van der Waals surface area contributed by atoms with Crippen LogP contribution in [0.25, 0.3) is 0 Å². The van der Waals surface area contributed by atoms with E-state index in [-0.39, 0.29) is 0 Å². The molecular weight excluding hydrogens is 224 g/mol. The fraction of sp³-hybridized carbons (Fsp3) is 0.714. The Morgan fingerprint density at radius 3 is 3.11 bits per heavy atom. The van der Waals surface area contributed by atoms with Gasteiger partial charge in [-0.1, -0.05) is 13.3 Å². The van der Waals surface area contributed by atoms with Crippen LogP contribution >= 0.6 is 0 Å². The SMILES string of the molecule is CCc1cc(NC2CCN3CCCCC23)ncn1. The average Bonchev–Trinajstić information content (AvgIpc) is 2.83. The van der Waals surface area contributed by atoms with Crippen molar-refractivity contribution in [2.24, 2.45) is 0 Å². The second-order valence-electron chi connectivity index (χ2n) is 5.39. The lowest BCUT2D eigenvalue weighted by Crippen LogP contribution is -2.41. The molecule has 0 amide bonds. The lowest BCUT2D eigenvalue weighted by atomic mass is 9.99. The molecule has 2 atom stereocenters. The van der Waals surface area contributed by atoms with Crippen LogP contribution in [0.3, 0.4) is 0 Å². The zero-order chi connectivity index (χ0) is 12.4. The number of nitrogens with one attached hydrogen (secondary N) is 1. The molecule has 2 aliphatic heterocycles. The maximum atomic E-state index is 4.35. The molecule has 3 rings (SSSR count). The van der Waals surface area contributed by atoms with Crippen molar-refractivity contribution in [2.45, 2.75) is 51.1 Å². The molecule has 2 saturated heterocycles. The van der Waals surface area contributed by atoms with Crippen LogP contribution in [0.4, 0.5) is 5.82 Å². The second kappa shape index (κ2) is 5.22. The van der Waals surface area contributed by atoms with Crippen LogP contribution in [-0.2, 0) is 6.42 Å². The van der Waals surface area contributed by atoms with Gasteiger partial charge in [-0.25, -0.2) is 9.97 Å². The highest BCUT2D eigenvalue weighted by molar-refractivity contribution is 5.37. The molecular formula is C14H22N4. The molecule has 0 spiro atoms. The van der Waals surface area contributed by atoms with Gasteiger partial charge in [0.25, 0.3) is 0 Å². The summed E-state index contributed by atoms with van der Waals surface area (Å²) in [5.74, 6) is 0.999. The maximum Gasteiger partial charge on any atom is 0.129 e. The number of fused-ring (bicyclic) bond motifs is 1. The number of piperidine rings is 1. The van der Waals surface area contributed by atoms with Crippen molar-refractivity contribution in [2.75, 3.05) is 18.4 Å². The highest BCUT2D eigenvalue weighted by Gasteiger charge is 2.35. The van der Waals surface area contributed by atoms with Crippen molar-refractivity contribution < 1.29 is 0 Å². The fourth-order valence-corrected chi connectivity index (χ4v) is 3.28. The Morgan fingerprint density at radius 2 is 2.22 bits per heavy atom. The summed E-state index contributed by atoms with van der Waals surface area (Å²) < 4.78 is 0. The van der Waals surface area contributed by atoms with Gasteiger partial charge >= 0.3 is 0 Å². The maximum absolute atomic E-state index is 4.35. The van der Waals surface area contributed by atoms with Crippen LogP contribution in [-0.4, -0.2) is 40.0 Å². The summed E-state index contributed by atoms with van der Waals surface area (Å²) >= 11 is 0. The Bertz CT molecular complexity index is 407. The summed E-state index contributed by atoms with van der Waals surface area (Å²) in [6, 6.07) is 3.38. The number of nitrogens with zero attached hydrogens (tertiary/aromatic N) is 3. The van der Waals surface area contributed by atoms with Gasteiger partial charge in [0.2, 0.25) is 0 Å². The Kier molecular flexibility index (Phi) is 3.46. The summed E-state index contributed by atoms with van der Waals surface area (Å²) in [6.45, 7) is 4.66. The highest BCUT2D eigenvalue weighted by Crippen LogP contribution is 2.28. The van der Waals surface area contributed by atoms with E-state index in [9.17, 15) is 0 Å².